The van der Waals surface area contributed by atoms with Gasteiger partial charge in [-0.2, -0.15) is 5.10 Å². The van der Waals surface area contributed by atoms with E-state index in [1.54, 1.807) is 24.3 Å². The highest BCUT2D eigenvalue weighted by Crippen LogP contribution is 2.47. The van der Waals surface area contributed by atoms with E-state index >= 15 is 0 Å². The smallest absolute Gasteiger partial charge is 0.399 e. The Morgan fingerprint density at radius 1 is 0.979 bits per heavy atom. The summed E-state index contributed by atoms with van der Waals surface area (Å²) in [7, 11) is -0.354. The average Bonchev–Trinajstić information content (AvgIpc) is 3.29. The highest BCUT2D eigenvalue weighted by atomic mass is 19.1. The summed E-state index contributed by atoms with van der Waals surface area (Å²) in [6, 6.07) is 20.6. The van der Waals surface area contributed by atoms with Crippen LogP contribution in [0.25, 0.3) is 10.8 Å². The van der Waals surface area contributed by atoms with Gasteiger partial charge in [-0.1, -0.05) is 61.9 Å². The number of carbonyl (C=O) groups is 1. The molecule has 2 heterocycles. The molecule has 1 saturated carbocycles. The zero-order chi connectivity index (χ0) is 33.4. The minimum Gasteiger partial charge on any atom is -0.399 e. The number of H-pyrrole nitrogens is 1. The Morgan fingerprint density at radius 3 is 2.30 bits per heavy atom. The maximum absolute atomic E-state index is 14.8. The topological polar surface area (TPSA) is 93.3 Å². The summed E-state index contributed by atoms with van der Waals surface area (Å²) in [5.41, 5.74) is 3.01. The lowest BCUT2D eigenvalue weighted by Gasteiger charge is -2.40. The fourth-order valence-electron chi connectivity index (χ4n) is 7.14. The molecule has 1 aliphatic heterocycles. The zero-order valence-electron chi connectivity index (χ0n) is 28.1. The summed E-state index contributed by atoms with van der Waals surface area (Å²) < 4.78 is 27.3. The molecule has 9 heteroatoms. The lowest BCUT2D eigenvalue weighted by molar-refractivity contribution is 0.00578. The van der Waals surface area contributed by atoms with E-state index in [0.717, 1.165) is 54.9 Å². The predicted molar refractivity (Wildman–Crippen MR) is 185 cm³/mol. The van der Waals surface area contributed by atoms with Crippen LogP contribution in [0.5, 0.6) is 0 Å². The number of benzene rings is 3. The minimum absolute atomic E-state index is 0.0227. The molecule has 1 aliphatic carbocycles. The van der Waals surface area contributed by atoms with Crippen molar-refractivity contribution in [3.8, 4) is 0 Å². The fourth-order valence-corrected chi connectivity index (χ4v) is 7.14. The molecule has 7 nitrogen and oxygen atoms in total. The maximum Gasteiger partial charge on any atom is 0.494 e. The second kappa shape index (κ2) is 13.0. The largest absolute Gasteiger partial charge is 0.494 e. The first kappa shape index (κ1) is 33.1. The van der Waals surface area contributed by atoms with E-state index in [0.29, 0.717) is 30.0 Å². The number of nitrogens with zero attached hydrogens (tertiary/aromatic N) is 1. The quantitative estimate of drug-likeness (QED) is 0.197. The van der Waals surface area contributed by atoms with Gasteiger partial charge in [-0.05, 0) is 106 Å². The first-order chi connectivity index (χ1) is 22.4. The van der Waals surface area contributed by atoms with Gasteiger partial charge < -0.3 is 14.6 Å². The van der Waals surface area contributed by atoms with Crippen molar-refractivity contribution in [2.75, 3.05) is 6.54 Å². The van der Waals surface area contributed by atoms with Crippen molar-refractivity contribution in [3.63, 3.8) is 0 Å². The van der Waals surface area contributed by atoms with Gasteiger partial charge in [0.15, 0.2) is 0 Å². The van der Waals surface area contributed by atoms with Crippen molar-refractivity contribution in [2.24, 2.45) is 5.41 Å². The van der Waals surface area contributed by atoms with Gasteiger partial charge in [0.2, 0.25) is 0 Å². The molecule has 4 aromatic rings. The fraction of sp³-hybridized carbons (Fsp3) is 0.447. The molecule has 0 unspecified atom stereocenters. The molecule has 2 fully saturated rings. The van der Waals surface area contributed by atoms with Crippen LogP contribution in [0.15, 0.2) is 71.5 Å². The molecule has 0 radical (unpaired) electrons. The zero-order valence-corrected chi connectivity index (χ0v) is 28.1. The lowest BCUT2D eigenvalue weighted by atomic mass is 9.65. The number of fused-ring (bicyclic) bond motifs is 1. The van der Waals surface area contributed by atoms with E-state index in [1.165, 1.54) is 11.6 Å². The third-order valence-corrected chi connectivity index (χ3v) is 11.1. The van der Waals surface area contributed by atoms with Crippen LogP contribution >= 0.6 is 0 Å². The van der Waals surface area contributed by atoms with Gasteiger partial charge >= 0.3 is 7.12 Å². The molecule has 2 N–H and O–H groups in total. The molecule has 246 valence electrons. The van der Waals surface area contributed by atoms with Gasteiger partial charge in [0.05, 0.1) is 27.8 Å². The second-order valence-electron chi connectivity index (χ2n) is 14.4. The van der Waals surface area contributed by atoms with Gasteiger partial charge in [0, 0.05) is 18.4 Å². The van der Waals surface area contributed by atoms with E-state index in [4.69, 9.17) is 9.31 Å². The van der Waals surface area contributed by atoms with Crippen LogP contribution in [0.4, 0.5) is 4.39 Å². The standard InChI is InChI=1S/C38H45BFN3O4/c1-6-38(19-17-27(18-20-38)26-12-14-28(15-13-26)39-46-36(2,3)37(4,5)47-39)21-22-41-34(44)31-23-25(11-16-32(31)40)24-33-29-9-7-8-10-30(29)35(45)43-42-33/h7-16,23,27H,6,17-22,24H2,1-5H3,(H,41,44)(H,43,45). The number of halogens is 1. The normalized spacial score (nSPS) is 22.0. The Bertz CT molecular complexity index is 1800. The molecular formula is C38H45BFN3O4. The molecule has 1 saturated heterocycles. The van der Waals surface area contributed by atoms with Gasteiger partial charge in [-0.15, -0.1) is 0 Å². The van der Waals surface area contributed by atoms with Crippen LogP contribution in [0.3, 0.4) is 0 Å². The molecular weight excluding hydrogens is 592 g/mol. The summed E-state index contributed by atoms with van der Waals surface area (Å²) >= 11 is 0. The van der Waals surface area contributed by atoms with Crippen molar-refractivity contribution in [2.45, 2.75) is 96.7 Å². The summed E-state index contributed by atoms with van der Waals surface area (Å²) in [4.78, 5) is 25.3. The van der Waals surface area contributed by atoms with Crippen LogP contribution in [0, 0.1) is 11.2 Å². The van der Waals surface area contributed by atoms with Crippen LogP contribution in [0.2, 0.25) is 0 Å². The van der Waals surface area contributed by atoms with Gasteiger partial charge in [0.1, 0.15) is 5.82 Å². The molecule has 0 spiro atoms. The predicted octanol–water partition coefficient (Wildman–Crippen LogP) is 6.83. The van der Waals surface area contributed by atoms with Crippen molar-refractivity contribution < 1.29 is 18.5 Å². The Labute approximate surface area is 276 Å². The van der Waals surface area contributed by atoms with Crippen molar-refractivity contribution in [1.29, 1.82) is 0 Å². The van der Waals surface area contributed by atoms with E-state index < -0.39 is 11.7 Å². The number of nitrogens with one attached hydrogen (secondary N) is 2. The van der Waals surface area contributed by atoms with Crippen molar-refractivity contribution >= 4 is 29.3 Å². The Kier molecular flexibility index (Phi) is 9.16. The van der Waals surface area contributed by atoms with Crippen LogP contribution < -0.4 is 16.3 Å². The third kappa shape index (κ3) is 6.79. The molecule has 1 amide bonds. The average molecular weight is 638 g/mol. The number of carbonyl (C=O) groups excluding carboxylic acids is 1. The summed E-state index contributed by atoms with van der Waals surface area (Å²) in [6.45, 7) is 11.0. The first-order valence-electron chi connectivity index (χ1n) is 16.9. The van der Waals surface area contributed by atoms with Crippen molar-refractivity contribution in [3.05, 3.63) is 105 Å². The minimum atomic E-state index is -0.555. The molecule has 2 aliphatic rings. The third-order valence-electron chi connectivity index (χ3n) is 11.1. The Morgan fingerprint density at radius 2 is 1.64 bits per heavy atom. The SMILES string of the molecule is CCC1(CCNC(=O)c2cc(Cc3n[nH]c(=O)c4ccccc34)ccc2F)CCC(c2ccc(B3OC(C)(C)C(C)(C)O3)cc2)CC1. The molecule has 1 aromatic heterocycles. The summed E-state index contributed by atoms with van der Waals surface area (Å²) in [5.74, 6) is -0.464. The van der Waals surface area contributed by atoms with E-state index in [-0.39, 0.29) is 34.9 Å². The molecule has 0 bridgehead atoms. The van der Waals surface area contributed by atoms with Crippen LogP contribution in [-0.4, -0.2) is 41.0 Å². The monoisotopic (exact) mass is 637 g/mol. The summed E-state index contributed by atoms with van der Waals surface area (Å²) in [5, 5.41) is 11.1. The van der Waals surface area contributed by atoms with Gasteiger partial charge in [-0.3, -0.25) is 9.59 Å². The number of aromatic nitrogens is 2. The number of amides is 1. The number of rotatable bonds is 9. The maximum atomic E-state index is 14.8. The molecule has 0 atom stereocenters. The molecule has 3 aromatic carbocycles. The van der Waals surface area contributed by atoms with Gasteiger partial charge in [0.25, 0.3) is 11.5 Å². The molecule has 47 heavy (non-hydrogen) atoms. The van der Waals surface area contributed by atoms with E-state index in [9.17, 15) is 14.0 Å². The van der Waals surface area contributed by atoms with Crippen LogP contribution in [0.1, 0.15) is 106 Å². The van der Waals surface area contributed by atoms with Gasteiger partial charge in [-0.25, -0.2) is 9.49 Å². The first-order valence-corrected chi connectivity index (χ1v) is 16.9. The second-order valence-corrected chi connectivity index (χ2v) is 14.4. The number of aromatic amines is 1. The van der Waals surface area contributed by atoms with Crippen molar-refractivity contribution in [1.82, 2.24) is 15.5 Å². The summed E-state index contributed by atoms with van der Waals surface area (Å²) in [6.07, 6.45) is 6.64. The highest BCUT2D eigenvalue weighted by molar-refractivity contribution is 6.62. The lowest BCUT2D eigenvalue weighted by Crippen LogP contribution is -2.41. The molecule has 6 rings (SSSR count). The van der Waals surface area contributed by atoms with E-state index in [2.05, 4.69) is 74.4 Å². The van der Waals surface area contributed by atoms with E-state index in [1.807, 2.05) is 12.1 Å². The Hall–Kier alpha value is -3.82. The number of hydrogen-bond acceptors (Lipinski definition) is 5. The van der Waals surface area contributed by atoms with Crippen LogP contribution in [-0.2, 0) is 15.7 Å². The highest BCUT2D eigenvalue weighted by Gasteiger charge is 2.51. The Balaban J connectivity index is 1.03. The number of hydrogen-bond donors (Lipinski definition) is 2.